The van der Waals surface area contributed by atoms with Crippen molar-refractivity contribution in [1.82, 2.24) is 4.98 Å². The molecular formula is C23H31N5O5. The molecule has 2 aromatic rings. The number of anilines is 1. The molecule has 33 heavy (non-hydrogen) atoms. The SMILES string of the molecule is CC(C)(C)C1CC(N)=NO1.CCOC(=O)c1cccc(C(=O)Nc2ccccc2)n1.NC=O. The van der Waals surface area contributed by atoms with E-state index in [1.807, 2.05) is 18.2 Å². The van der Waals surface area contributed by atoms with Crippen molar-refractivity contribution in [3.8, 4) is 0 Å². The first-order valence-electron chi connectivity index (χ1n) is 10.3. The fourth-order valence-corrected chi connectivity index (χ4v) is 2.46. The minimum atomic E-state index is -0.540. The Morgan fingerprint density at radius 2 is 1.76 bits per heavy atom. The van der Waals surface area contributed by atoms with E-state index in [0.717, 1.165) is 6.42 Å². The molecule has 1 atom stereocenters. The van der Waals surface area contributed by atoms with E-state index in [1.54, 1.807) is 31.2 Å². The summed E-state index contributed by atoms with van der Waals surface area (Å²) in [5.41, 5.74) is 10.7. The highest BCUT2D eigenvalue weighted by atomic mass is 16.6. The lowest BCUT2D eigenvalue weighted by atomic mass is 9.87. The largest absolute Gasteiger partial charge is 0.461 e. The second-order valence-electron chi connectivity index (χ2n) is 7.83. The summed E-state index contributed by atoms with van der Waals surface area (Å²) in [6, 6.07) is 13.7. The second-order valence-corrected chi connectivity index (χ2v) is 7.83. The second kappa shape index (κ2) is 13.5. The number of ether oxygens (including phenoxy) is 1. The number of nitrogens with zero attached hydrogens (tertiary/aromatic N) is 2. The summed E-state index contributed by atoms with van der Waals surface area (Å²) in [6.45, 7) is 8.33. The van der Waals surface area contributed by atoms with Crippen molar-refractivity contribution in [3.63, 3.8) is 0 Å². The first kappa shape index (κ1) is 27.1. The van der Waals surface area contributed by atoms with Crippen LogP contribution in [0.4, 0.5) is 5.69 Å². The molecule has 0 saturated carbocycles. The van der Waals surface area contributed by atoms with Crippen LogP contribution < -0.4 is 16.8 Å². The number of pyridine rings is 1. The molecule has 1 aliphatic heterocycles. The minimum Gasteiger partial charge on any atom is -0.461 e. The number of hydrogen-bond donors (Lipinski definition) is 3. The summed E-state index contributed by atoms with van der Waals surface area (Å²) in [6.07, 6.45) is 1.18. The molecule has 0 aliphatic carbocycles. The van der Waals surface area contributed by atoms with Crippen LogP contribution in [-0.2, 0) is 14.4 Å². The average Bonchev–Trinajstić information content (AvgIpc) is 3.23. The number of amides is 2. The molecule has 0 spiro atoms. The minimum absolute atomic E-state index is 0.118. The highest BCUT2D eigenvalue weighted by Gasteiger charge is 2.31. The molecule has 1 aromatic heterocycles. The summed E-state index contributed by atoms with van der Waals surface area (Å²) in [5.74, 6) is -0.302. The number of rotatable bonds is 4. The lowest BCUT2D eigenvalue weighted by Gasteiger charge is -2.23. The van der Waals surface area contributed by atoms with Crippen molar-refractivity contribution in [1.29, 1.82) is 0 Å². The van der Waals surface area contributed by atoms with Gasteiger partial charge in [0.15, 0.2) is 0 Å². The predicted octanol–water partition coefficient (Wildman–Crippen LogP) is 2.71. The van der Waals surface area contributed by atoms with Crippen molar-refractivity contribution in [2.45, 2.75) is 40.2 Å². The molecule has 2 heterocycles. The number of benzene rings is 1. The first-order chi connectivity index (χ1) is 15.6. The molecule has 5 N–H and O–H groups in total. The number of oxime groups is 1. The van der Waals surface area contributed by atoms with Gasteiger partial charge in [0, 0.05) is 17.5 Å². The Morgan fingerprint density at radius 1 is 1.15 bits per heavy atom. The molecule has 10 heteroatoms. The Kier molecular flexibility index (Phi) is 11.0. The fourth-order valence-electron chi connectivity index (χ4n) is 2.46. The maximum absolute atomic E-state index is 12.0. The van der Waals surface area contributed by atoms with Gasteiger partial charge in [-0.3, -0.25) is 9.59 Å². The van der Waals surface area contributed by atoms with E-state index in [9.17, 15) is 9.59 Å². The normalized spacial score (nSPS) is 14.2. The van der Waals surface area contributed by atoms with Gasteiger partial charge in [0.25, 0.3) is 5.91 Å². The molecule has 0 radical (unpaired) electrons. The predicted molar refractivity (Wildman–Crippen MR) is 125 cm³/mol. The van der Waals surface area contributed by atoms with Crippen molar-refractivity contribution >= 4 is 29.8 Å². The van der Waals surface area contributed by atoms with Crippen LogP contribution in [0.15, 0.2) is 53.7 Å². The van der Waals surface area contributed by atoms with E-state index in [4.69, 9.17) is 20.1 Å². The zero-order valence-electron chi connectivity index (χ0n) is 19.3. The van der Waals surface area contributed by atoms with Crippen LogP contribution in [0.3, 0.4) is 0 Å². The lowest BCUT2D eigenvalue weighted by Crippen LogP contribution is -2.27. The van der Waals surface area contributed by atoms with Crippen LogP contribution in [0.1, 0.15) is 55.1 Å². The lowest BCUT2D eigenvalue weighted by molar-refractivity contribution is -0.106. The smallest absolute Gasteiger partial charge is 0.356 e. The third kappa shape index (κ3) is 9.81. The third-order valence-electron chi connectivity index (χ3n) is 4.16. The zero-order valence-corrected chi connectivity index (χ0v) is 19.3. The van der Waals surface area contributed by atoms with Gasteiger partial charge in [-0.25, -0.2) is 9.78 Å². The quantitative estimate of drug-likeness (QED) is 0.470. The number of amidine groups is 1. The molecule has 1 unspecified atom stereocenters. The van der Waals surface area contributed by atoms with E-state index in [-0.39, 0.29) is 41.8 Å². The van der Waals surface area contributed by atoms with Crippen LogP contribution in [0.25, 0.3) is 0 Å². The van der Waals surface area contributed by atoms with Crippen LogP contribution in [0.2, 0.25) is 0 Å². The van der Waals surface area contributed by atoms with Crippen molar-refractivity contribution < 1.29 is 24.0 Å². The number of aromatic nitrogens is 1. The maximum Gasteiger partial charge on any atom is 0.356 e. The molecule has 2 amide bonds. The van der Waals surface area contributed by atoms with Gasteiger partial charge in [-0.2, -0.15) is 0 Å². The number of carbonyl (C=O) groups excluding carboxylic acids is 3. The molecule has 10 nitrogen and oxygen atoms in total. The summed E-state index contributed by atoms with van der Waals surface area (Å²) in [7, 11) is 0. The number of nitrogens with two attached hydrogens (primary N) is 2. The Hall–Kier alpha value is -3.95. The topological polar surface area (TPSA) is 159 Å². The molecular weight excluding hydrogens is 426 g/mol. The highest BCUT2D eigenvalue weighted by Crippen LogP contribution is 2.27. The van der Waals surface area contributed by atoms with E-state index in [0.29, 0.717) is 11.5 Å². The van der Waals surface area contributed by atoms with Gasteiger partial charge in [0.05, 0.1) is 6.61 Å². The van der Waals surface area contributed by atoms with Crippen molar-refractivity contribution in [2.75, 3.05) is 11.9 Å². The summed E-state index contributed by atoms with van der Waals surface area (Å²) < 4.78 is 4.85. The Morgan fingerprint density at radius 3 is 2.24 bits per heavy atom. The molecule has 1 aliphatic rings. The van der Waals surface area contributed by atoms with E-state index in [2.05, 4.69) is 42.0 Å². The number of hydrogen-bond acceptors (Lipinski definition) is 8. The standard InChI is InChI=1S/C15H14N2O3.C7H14N2O.CH3NO/c1-2-20-15(19)13-10-6-9-12(17-13)14(18)16-11-7-4-3-5-8-11;1-7(2,3)5-4-6(8)9-10-5;2-1-3/h3-10H,2H2,1H3,(H,16,18);5H,4H2,1-3H3,(H2,8,9);1H,(H2,2,3). The van der Waals surface area contributed by atoms with Crippen LogP contribution in [-0.4, -0.2) is 41.8 Å². The molecule has 0 saturated heterocycles. The molecule has 0 fully saturated rings. The Labute approximate surface area is 193 Å². The number of carbonyl (C=O) groups is 3. The molecule has 1 aromatic carbocycles. The van der Waals surface area contributed by atoms with Gasteiger partial charge >= 0.3 is 5.97 Å². The van der Waals surface area contributed by atoms with E-state index in [1.165, 1.54) is 6.07 Å². The van der Waals surface area contributed by atoms with Gasteiger partial charge in [-0.05, 0) is 31.2 Å². The molecule has 3 rings (SSSR count). The number of primary amides is 1. The van der Waals surface area contributed by atoms with Crippen molar-refractivity contribution in [3.05, 3.63) is 59.9 Å². The fraction of sp³-hybridized carbons (Fsp3) is 0.348. The van der Waals surface area contributed by atoms with E-state index < -0.39 is 5.97 Å². The first-order valence-corrected chi connectivity index (χ1v) is 10.3. The van der Waals surface area contributed by atoms with E-state index >= 15 is 0 Å². The maximum atomic E-state index is 12.0. The van der Waals surface area contributed by atoms with Crippen LogP contribution in [0.5, 0.6) is 0 Å². The van der Waals surface area contributed by atoms with Gasteiger partial charge in [0.1, 0.15) is 23.3 Å². The van der Waals surface area contributed by atoms with Crippen LogP contribution in [0, 0.1) is 5.41 Å². The monoisotopic (exact) mass is 457 g/mol. The summed E-state index contributed by atoms with van der Waals surface area (Å²) in [5, 5.41) is 6.38. The molecule has 178 valence electrons. The van der Waals surface area contributed by atoms with Gasteiger partial charge in [-0.15, -0.1) is 0 Å². The number of para-hydroxylation sites is 1. The average molecular weight is 458 g/mol. The number of nitrogens with one attached hydrogen (secondary N) is 1. The van der Waals surface area contributed by atoms with Gasteiger partial charge in [0.2, 0.25) is 6.41 Å². The summed E-state index contributed by atoms with van der Waals surface area (Å²) in [4.78, 5) is 41.3. The summed E-state index contributed by atoms with van der Waals surface area (Å²) >= 11 is 0. The third-order valence-corrected chi connectivity index (χ3v) is 4.16. The molecule has 0 bridgehead atoms. The van der Waals surface area contributed by atoms with Crippen LogP contribution >= 0.6 is 0 Å². The van der Waals surface area contributed by atoms with Gasteiger partial charge < -0.3 is 26.4 Å². The Bertz CT molecular complexity index is 942. The van der Waals surface area contributed by atoms with Crippen molar-refractivity contribution in [2.24, 2.45) is 22.0 Å². The Balaban J connectivity index is 0.000000349. The highest BCUT2D eigenvalue weighted by molar-refractivity contribution is 6.03. The zero-order chi connectivity index (χ0) is 24.9. The number of esters is 1. The van der Waals surface area contributed by atoms with Gasteiger partial charge in [-0.1, -0.05) is 50.2 Å².